The second kappa shape index (κ2) is 9.42. The maximum Gasteiger partial charge on any atom is 0.224 e. The van der Waals surface area contributed by atoms with Gasteiger partial charge in [-0.1, -0.05) is 43.4 Å². The molecule has 0 heterocycles. The summed E-state index contributed by atoms with van der Waals surface area (Å²) in [6.07, 6.45) is 2.44. The smallest absolute Gasteiger partial charge is 0.224 e. The highest BCUT2D eigenvalue weighted by Gasteiger charge is 2.05. The molecule has 0 fully saturated rings. The highest BCUT2D eigenvalue weighted by Crippen LogP contribution is 2.12. The zero-order valence-electron chi connectivity index (χ0n) is 14.3. The topological polar surface area (TPSA) is 38.3 Å². The maximum absolute atomic E-state index is 12.0. The van der Waals surface area contributed by atoms with Gasteiger partial charge in [0.1, 0.15) is 5.75 Å². The fraction of sp³-hybridized carbons (Fsp3) is 0.286. The van der Waals surface area contributed by atoms with Crippen LogP contribution in [0.25, 0.3) is 0 Å². The summed E-state index contributed by atoms with van der Waals surface area (Å²) in [4.78, 5) is 12.0. The number of hydrogen-bond acceptors (Lipinski definition) is 2. The molecule has 0 aliphatic carbocycles. The molecule has 0 saturated heterocycles. The number of rotatable bonds is 6. The highest BCUT2D eigenvalue weighted by molar-refractivity contribution is 5.79. The second-order valence-electron chi connectivity index (χ2n) is 5.52. The lowest BCUT2D eigenvalue weighted by molar-refractivity contribution is -0.120. The Hall–Kier alpha value is -2.73. The fourth-order valence-electron chi connectivity index (χ4n) is 2.25. The Morgan fingerprint density at radius 2 is 1.83 bits per heavy atom. The van der Waals surface area contributed by atoms with Crippen LogP contribution in [0.3, 0.4) is 0 Å². The van der Waals surface area contributed by atoms with Gasteiger partial charge in [-0.25, -0.2) is 0 Å². The molecule has 0 atom stereocenters. The first kappa shape index (κ1) is 17.6. The van der Waals surface area contributed by atoms with E-state index < -0.39 is 0 Å². The number of ether oxygens (including phenoxy) is 1. The Morgan fingerprint density at radius 3 is 2.54 bits per heavy atom. The number of amides is 1. The van der Waals surface area contributed by atoms with Crippen molar-refractivity contribution < 1.29 is 9.53 Å². The van der Waals surface area contributed by atoms with Crippen LogP contribution >= 0.6 is 0 Å². The molecule has 0 bridgehead atoms. The van der Waals surface area contributed by atoms with E-state index in [2.05, 4.69) is 24.1 Å². The van der Waals surface area contributed by atoms with Crippen molar-refractivity contribution >= 4 is 5.91 Å². The van der Waals surface area contributed by atoms with Crippen LogP contribution in [-0.4, -0.2) is 19.6 Å². The molecule has 3 nitrogen and oxygen atoms in total. The summed E-state index contributed by atoms with van der Waals surface area (Å²) in [5.74, 6) is 7.16. The van der Waals surface area contributed by atoms with E-state index in [0.29, 0.717) is 6.42 Å². The molecule has 0 aromatic heterocycles. The Bertz CT molecular complexity index is 723. The summed E-state index contributed by atoms with van der Waals surface area (Å²) in [6.45, 7) is 2.84. The van der Waals surface area contributed by atoms with E-state index in [9.17, 15) is 4.79 Å². The average Bonchev–Trinajstić information content (AvgIpc) is 2.61. The number of benzene rings is 2. The minimum Gasteiger partial charge on any atom is -0.497 e. The predicted octanol–water partition coefficient (Wildman–Crippen LogP) is 3.55. The Morgan fingerprint density at radius 1 is 1.08 bits per heavy atom. The molecule has 0 aliphatic rings. The van der Waals surface area contributed by atoms with Crippen LogP contribution in [0.15, 0.2) is 48.5 Å². The molecule has 1 amide bonds. The standard InChI is InChI=1S/C21H23NO2/c1-3-4-15-22-21(23)16-19-8-6-5-7-18(19)12-9-17-10-13-20(24-2)14-11-17/h5-8,10-11,13-14H,3-4,15-16H2,1-2H3,(H,22,23). The average molecular weight is 321 g/mol. The molecular formula is C21H23NO2. The van der Waals surface area contributed by atoms with Crippen LogP contribution in [0.5, 0.6) is 5.75 Å². The van der Waals surface area contributed by atoms with Gasteiger partial charge in [0.15, 0.2) is 0 Å². The summed E-state index contributed by atoms with van der Waals surface area (Å²) >= 11 is 0. The normalized spacial score (nSPS) is 9.75. The lowest BCUT2D eigenvalue weighted by atomic mass is 10.0. The van der Waals surface area contributed by atoms with Crippen molar-refractivity contribution in [2.24, 2.45) is 0 Å². The van der Waals surface area contributed by atoms with Crippen molar-refractivity contribution in [1.82, 2.24) is 5.32 Å². The van der Waals surface area contributed by atoms with E-state index in [-0.39, 0.29) is 5.91 Å². The molecule has 0 saturated carbocycles. The molecule has 2 rings (SSSR count). The van der Waals surface area contributed by atoms with Crippen molar-refractivity contribution in [3.8, 4) is 17.6 Å². The summed E-state index contributed by atoms with van der Waals surface area (Å²) in [5, 5.41) is 2.94. The van der Waals surface area contributed by atoms with Gasteiger partial charge in [0.2, 0.25) is 5.91 Å². The predicted molar refractivity (Wildman–Crippen MR) is 97.0 cm³/mol. The van der Waals surface area contributed by atoms with E-state index >= 15 is 0 Å². The largest absolute Gasteiger partial charge is 0.497 e. The number of carbonyl (C=O) groups is 1. The first-order chi connectivity index (χ1) is 11.7. The van der Waals surface area contributed by atoms with Crippen molar-refractivity contribution in [3.05, 3.63) is 65.2 Å². The van der Waals surface area contributed by atoms with Gasteiger partial charge in [0.05, 0.1) is 13.5 Å². The Labute approximate surface area is 144 Å². The van der Waals surface area contributed by atoms with Crippen LogP contribution in [0.2, 0.25) is 0 Å². The molecule has 24 heavy (non-hydrogen) atoms. The number of carbonyl (C=O) groups excluding carboxylic acids is 1. The summed E-state index contributed by atoms with van der Waals surface area (Å²) in [5.41, 5.74) is 2.75. The molecule has 0 aliphatic heterocycles. The number of methoxy groups -OCH3 is 1. The van der Waals surface area contributed by atoms with Gasteiger partial charge < -0.3 is 10.1 Å². The van der Waals surface area contributed by atoms with Gasteiger partial charge in [0.25, 0.3) is 0 Å². The first-order valence-corrected chi connectivity index (χ1v) is 8.23. The van der Waals surface area contributed by atoms with Crippen molar-refractivity contribution in [1.29, 1.82) is 0 Å². The SMILES string of the molecule is CCCCNC(=O)Cc1ccccc1C#Cc1ccc(OC)cc1. The van der Waals surface area contributed by atoms with Crippen molar-refractivity contribution in [2.75, 3.05) is 13.7 Å². The quantitative estimate of drug-likeness (QED) is 0.653. The monoisotopic (exact) mass is 321 g/mol. The third-order valence-corrected chi connectivity index (χ3v) is 3.65. The van der Waals surface area contributed by atoms with Gasteiger partial charge in [-0.2, -0.15) is 0 Å². The lowest BCUT2D eigenvalue weighted by Gasteiger charge is -2.06. The third kappa shape index (κ3) is 5.48. The minimum atomic E-state index is 0.0437. The van der Waals surface area contributed by atoms with E-state index in [1.54, 1.807) is 7.11 Å². The van der Waals surface area contributed by atoms with Gasteiger partial charge in [0, 0.05) is 17.7 Å². The van der Waals surface area contributed by atoms with E-state index in [1.165, 1.54) is 0 Å². The van der Waals surface area contributed by atoms with Gasteiger partial charge >= 0.3 is 0 Å². The van der Waals surface area contributed by atoms with Crippen LogP contribution < -0.4 is 10.1 Å². The molecule has 2 aromatic rings. The Balaban J connectivity index is 2.08. The molecule has 124 valence electrons. The lowest BCUT2D eigenvalue weighted by Crippen LogP contribution is -2.26. The van der Waals surface area contributed by atoms with Crippen LogP contribution in [0.4, 0.5) is 0 Å². The zero-order chi connectivity index (χ0) is 17.2. The number of nitrogens with one attached hydrogen (secondary N) is 1. The summed E-state index contributed by atoms with van der Waals surface area (Å²) in [6, 6.07) is 15.4. The summed E-state index contributed by atoms with van der Waals surface area (Å²) in [7, 11) is 1.64. The zero-order valence-corrected chi connectivity index (χ0v) is 14.3. The first-order valence-electron chi connectivity index (χ1n) is 8.23. The molecule has 0 spiro atoms. The van der Waals surface area contributed by atoms with E-state index in [1.807, 2.05) is 48.5 Å². The molecule has 3 heteroatoms. The Kier molecular flexibility index (Phi) is 6.91. The summed E-state index contributed by atoms with van der Waals surface area (Å²) < 4.78 is 5.14. The van der Waals surface area contributed by atoms with E-state index in [4.69, 9.17) is 4.74 Å². The third-order valence-electron chi connectivity index (χ3n) is 3.65. The van der Waals surface area contributed by atoms with Gasteiger partial charge in [-0.3, -0.25) is 4.79 Å². The molecule has 0 radical (unpaired) electrons. The van der Waals surface area contributed by atoms with Crippen molar-refractivity contribution in [2.45, 2.75) is 26.2 Å². The highest BCUT2D eigenvalue weighted by atomic mass is 16.5. The van der Waals surface area contributed by atoms with Crippen LogP contribution in [-0.2, 0) is 11.2 Å². The van der Waals surface area contributed by atoms with E-state index in [0.717, 1.165) is 41.8 Å². The van der Waals surface area contributed by atoms with Crippen LogP contribution in [0, 0.1) is 11.8 Å². The molecule has 0 unspecified atom stereocenters. The van der Waals surface area contributed by atoms with Gasteiger partial charge in [-0.05, 0) is 42.3 Å². The molecular weight excluding hydrogens is 298 g/mol. The molecule has 2 aromatic carbocycles. The second-order valence-corrected chi connectivity index (χ2v) is 5.52. The maximum atomic E-state index is 12.0. The minimum absolute atomic E-state index is 0.0437. The molecule has 1 N–H and O–H groups in total. The fourth-order valence-corrected chi connectivity index (χ4v) is 2.25. The number of unbranched alkanes of at least 4 members (excludes halogenated alkanes) is 1. The number of hydrogen-bond donors (Lipinski definition) is 1. The van der Waals surface area contributed by atoms with Crippen molar-refractivity contribution in [3.63, 3.8) is 0 Å². The van der Waals surface area contributed by atoms with Gasteiger partial charge in [-0.15, -0.1) is 0 Å². The van der Waals surface area contributed by atoms with Crippen LogP contribution in [0.1, 0.15) is 36.5 Å².